The predicted octanol–water partition coefficient (Wildman–Crippen LogP) is 2.61. The monoisotopic (exact) mass is 257 g/mol. The number of hydrogen-bond acceptors (Lipinski definition) is 1. The van der Waals surface area contributed by atoms with Crippen LogP contribution in [0.3, 0.4) is 0 Å². The van der Waals surface area contributed by atoms with Gasteiger partial charge in [0.1, 0.15) is 0 Å². The van der Waals surface area contributed by atoms with Crippen molar-refractivity contribution in [3.63, 3.8) is 0 Å². The highest BCUT2D eigenvalue weighted by atomic mass is 16.2. The summed E-state index contributed by atoms with van der Waals surface area (Å²) in [5.74, 6) is 0. The molecular weight excluding hydrogens is 238 g/mol. The van der Waals surface area contributed by atoms with E-state index in [-0.39, 0.29) is 12.1 Å². The molecule has 0 N–H and O–H groups in total. The second-order valence-corrected chi connectivity index (χ2v) is 5.16. The van der Waals surface area contributed by atoms with Crippen LogP contribution >= 0.6 is 0 Å². The van der Waals surface area contributed by atoms with Crippen LogP contribution in [0.25, 0.3) is 10.9 Å². The van der Waals surface area contributed by atoms with Gasteiger partial charge in [-0.25, -0.2) is 4.79 Å². The van der Waals surface area contributed by atoms with E-state index in [1.165, 1.54) is 16.5 Å². The summed E-state index contributed by atoms with van der Waals surface area (Å²) in [7, 11) is 3.95. The van der Waals surface area contributed by atoms with Crippen molar-refractivity contribution in [1.82, 2.24) is 14.4 Å². The molecule has 1 aliphatic heterocycles. The van der Waals surface area contributed by atoms with Crippen molar-refractivity contribution in [3.8, 4) is 0 Å². The van der Waals surface area contributed by atoms with Crippen LogP contribution in [-0.2, 0) is 7.05 Å². The molecule has 0 radical (unpaired) electrons. The van der Waals surface area contributed by atoms with Crippen molar-refractivity contribution < 1.29 is 4.79 Å². The maximum atomic E-state index is 12.1. The minimum Gasteiger partial charge on any atom is -0.350 e. The normalized spacial score (nSPS) is 19.7. The number of fused-ring (bicyclic) bond motifs is 1. The summed E-state index contributed by atoms with van der Waals surface area (Å²) >= 11 is 0. The van der Waals surface area contributed by atoms with E-state index in [0.717, 1.165) is 13.1 Å². The second kappa shape index (κ2) is 4.30. The topological polar surface area (TPSA) is 28.5 Å². The number of para-hydroxylation sites is 1. The Morgan fingerprint density at radius 2 is 2.00 bits per heavy atom. The Hall–Kier alpha value is -1.97. The van der Waals surface area contributed by atoms with E-state index in [4.69, 9.17) is 0 Å². The molecule has 2 heterocycles. The lowest BCUT2D eigenvalue weighted by Crippen LogP contribution is -2.29. The molecule has 0 bridgehead atoms. The predicted molar refractivity (Wildman–Crippen MR) is 76.1 cm³/mol. The van der Waals surface area contributed by atoms with Gasteiger partial charge in [0.15, 0.2) is 0 Å². The number of aryl methyl sites for hydroxylation is 1. The SMILES string of the molecule is CCN1CC(c2cn(C)c3ccccc23)N(C)C1=O. The van der Waals surface area contributed by atoms with E-state index in [9.17, 15) is 4.79 Å². The number of carbonyl (C=O) groups is 1. The largest absolute Gasteiger partial charge is 0.350 e. The van der Waals surface area contributed by atoms with Gasteiger partial charge in [-0.15, -0.1) is 0 Å². The molecule has 3 rings (SSSR count). The van der Waals surface area contributed by atoms with Gasteiger partial charge in [-0.2, -0.15) is 0 Å². The third kappa shape index (κ3) is 1.70. The average molecular weight is 257 g/mol. The van der Waals surface area contributed by atoms with Crippen LogP contribution in [0.2, 0.25) is 0 Å². The molecule has 4 nitrogen and oxygen atoms in total. The van der Waals surface area contributed by atoms with Crippen LogP contribution in [-0.4, -0.2) is 40.5 Å². The van der Waals surface area contributed by atoms with Gasteiger partial charge in [-0.1, -0.05) is 18.2 Å². The van der Waals surface area contributed by atoms with E-state index in [1.807, 2.05) is 29.8 Å². The molecule has 1 atom stereocenters. The summed E-state index contributed by atoms with van der Waals surface area (Å²) in [5, 5.41) is 1.24. The van der Waals surface area contributed by atoms with E-state index < -0.39 is 0 Å². The van der Waals surface area contributed by atoms with Gasteiger partial charge in [-0.3, -0.25) is 0 Å². The molecule has 4 heteroatoms. The van der Waals surface area contributed by atoms with Gasteiger partial charge in [0.2, 0.25) is 0 Å². The summed E-state index contributed by atoms with van der Waals surface area (Å²) in [6.07, 6.45) is 2.15. The van der Waals surface area contributed by atoms with Crippen molar-refractivity contribution in [2.24, 2.45) is 7.05 Å². The maximum absolute atomic E-state index is 12.1. The quantitative estimate of drug-likeness (QED) is 0.813. The highest BCUT2D eigenvalue weighted by Crippen LogP contribution is 2.33. The maximum Gasteiger partial charge on any atom is 0.320 e. The fourth-order valence-corrected chi connectivity index (χ4v) is 2.98. The van der Waals surface area contributed by atoms with E-state index >= 15 is 0 Å². The van der Waals surface area contributed by atoms with Crippen molar-refractivity contribution >= 4 is 16.9 Å². The zero-order valence-corrected chi connectivity index (χ0v) is 11.6. The van der Waals surface area contributed by atoms with Crippen molar-refractivity contribution in [2.45, 2.75) is 13.0 Å². The lowest BCUT2D eigenvalue weighted by Gasteiger charge is -2.17. The highest BCUT2D eigenvalue weighted by molar-refractivity contribution is 5.86. The first-order valence-electron chi connectivity index (χ1n) is 6.69. The Labute approximate surface area is 113 Å². The molecule has 100 valence electrons. The number of nitrogens with zero attached hydrogens (tertiary/aromatic N) is 3. The molecular formula is C15H19N3O. The van der Waals surface area contributed by atoms with Crippen LogP contribution in [0.5, 0.6) is 0 Å². The number of rotatable bonds is 2. The lowest BCUT2D eigenvalue weighted by molar-refractivity contribution is 0.197. The summed E-state index contributed by atoms with van der Waals surface area (Å²) < 4.78 is 2.14. The summed E-state index contributed by atoms with van der Waals surface area (Å²) in [6.45, 7) is 3.57. The number of amides is 2. The van der Waals surface area contributed by atoms with Crippen LogP contribution in [0.15, 0.2) is 30.5 Å². The Morgan fingerprint density at radius 1 is 1.26 bits per heavy atom. The third-order valence-electron chi connectivity index (χ3n) is 4.10. The number of aromatic nitrogens is 1. The molecule has 19 heavy (non-hydrogen) atoms. The minimum atomic E-state index is 0.125. The molecule has 0 aliphatic carbocycles. The summed E-state index contributed by atoms with van der Waals surface area (Å²) in [5.41, 5.74) is 2.46. The standard InChI is InChI=1S/C15H19N3O/c1-4-18-10-14(17(3)15(18)19)12-9-16(2)13-8-6-5-7-11(12)13/h5-9,14H,4,10H2,1-3H3. The number of benzene rings is 1. The van der Waals surface area contributed by atoms with Gasteiger partial charge >= 0.3 is 6.03 Å². The smallest absolute Gasteiger partial charge is 0.320 e. The molecule has 0 spiro atoms. The molecule has 0 saturated carbocycles. The van der Waals surface area contributed by atoms with Gasteiger partial charge < -0.3 is 14.4 Å². The number of hydrogen-bond donors (Lipinski definition) is 0. The minimum absolute atomic E-state index is 0.125. The average Bonchev–Trinajstić information content (AvgIpc) is 2.90. The number of likely N-dealkylation sites (N-methyl/N-ethyl adjacent to an activating group) is 2. The summed E-state index contributed by atoms with van der Waals surface area (Å²) in [4.78, 5) is 15.9. The molecule has 1 aromatic carbocycles. The van der Waals surface area contributed by atoms with Crippen LogP contribution in [0.1, 0.15) is 18.5 Å². The number of carbonyl (C=O) groups excluding carboxylic acids is 1. The molecule has 2 amide bonds. The van der Waals surface area contributed by atoms with Gasteiger partial charge in [0.25, 0.3) is 0 Å². The first-order valence-corrected chi connectivity index (χ1v) is 6.69. The van der Waals surface area contributed by atoms with Crippen molar-refractivity contribution in [2.75, 3.05) is 20.1 Å². The van der Waals surface area contributed by atoms with E-state index in [0.29, 0.717) is 0 Å². The Bertz CT molecular complexity index is 631. The molecule has 1 aromatic heterocycles. The lowest BCUT2D eigenvalue weighted by atomic mass is 10.1. The van der Waals surface area contributed by atoms with Gasteiger partial charge in [0.05, 0.1) is 6.04 Å². The fourth-order valence-electron chi connectivity index (χ4n) is 2.98. The summed E-state index contributed by atoms with van der Waals surface area (Å²) in [6, 6.07) is 8.64. The van der Waals surface area contributed by atoms with Crippen molar-refractivity contribution in [1.29, 1.82) is 0 Å². The Balaban J connectivity index is 2.08. The first-order chi connectivity index (χ1) is 9.13. The molecule has 1 unspecified atom stereocenters. The Morgan fingerprint density at radius 3 is 2.68 bits per heavy atom. The van der Waals surface area contributed by atoms with Gasteiger partial charge in [0, 0.05) is 49.8 Å². The Kier molecular flexibility index (Phi) is 2.73. The van der Waals surface area contributed by atoms with Crippen molar-refractivity contribution in [3.05, 3.63) is 36.0 Å². The third-order valence-corrected chi connectivity index (χ3v) is 4.10. The molecule has 1 aliphatic rings. The first kappa shape index (κ1) is 12.1. The second-order valence-electron chi connectivity index (χ2n) is 5.16. The van der Waals surface area contributed by atoms with E-state index in [1.54, 1.807) is 0 Å². The molecule has 1 fully saturated rings. The van der Waals surface area contributed by atoms with Crippen LogP contribution < -0.4 is 0 Å². The number of urea groups is 1. The molecule has 1 saturated heterocycles. The molecule has 2 aromatic rings. The van der Waals surface area contributed by atoms with Crippen LogP contribution in [0.4, 0.5) is 4.79 Å². The zero-order valence-electron chi connectivity index (χ0n) is 11.6. The highest BCUT2D eigenvalue weighted by Gasteiger charge is 2.35. The van der Waals surface area contributed by atoms with E-state index in [2.05, 4.69) is 36.0 Å². The van der Waals surface area contributed by atoms with Crippen LogP contribution in [0, 0.1) is 0 Å². The van der Waals surface area contributed by atoms with Gasteiger partial charge in [-0.05, 0) is 13.0 Å². The fraction of sp³-hybridized carbons (Fsp3) is 0.400. The zero-order chi connectivity index (χ0) is 13.6.